The van der Waals surface area contributed by atoms with Gasteiger partial charge in [-0.1, -0.05) is 13.8 Å². The summed E-state index contributed by atoms with van der Waals surface area (Å²) in [6.45, 7) is 12.8. The maximum Gasteiger partial charge on any atom is 0.408 e. The van der Waals surface area contributed by atoms with E-state index in [1.165, 1.54) is 12.8 Å². The molecule has 1 heterocycles. The summed E-state index contributed by atoms with van der Waals surface area (Å²) in [7, 11) is 0. The van der Waals surface area contributed by atoms with Crippen LogP contribution in [-0.2, 0) is 4.74 Å². The van der Waals surface area contributed by atoms with Crippen LogP contribution in [0.25, 0.3) is 0 Å². The summed E-state index contributed by atoms with van der Waals surface area (Å²) < 4.78 is 5.40. The number of rotatable bonds is 6. The number of ether oxygens (including phenoxy) is 1. The van der Waals surface area contributed by atoms with Crippen LogP contribution in [0.4, 0.5) is 4.79 Å². The van der Waals surface area contributed by atoms with E-state index in [9.17, 15) is 4.79 Å². The van der Waals surface area contributed by atoms with Crippen molar-refractivity contribution in [3.63, 3.8) is 0 Å². The second-order valence-electron chi connectivity index (χ2n) is 7.04. The largest absolute Gasteiger partial charge is 0.444 e. The SMILES string of the molecule is CCC(CC)(CNC1CCCNC1)NC(=O)OC(C)(C)C. The number of amides is 1. The van der Waals surface area contributed by atoms with Gasteiger partial charge in [0.05, 0.1) is 5.54 Å². The summed E-state index contributed by atoms with van der Waals surface area (Å²) >= 11 is 0. The molecule has 0 spiro atoms. The first-order valence-electron chi connectivity index (χ1n) is 8.25. The zero-order chi connectivity index (χ0) is 15.9. The molecule has 1 aliphatic heterocycles. The average molecular weight is 299 g/mol. The van der Waals surface area contributed by atoms with E-state index >= 15 is 0 Å². The summed E-state index contributed by atoms with van der Waals surface area (Å²) in [5.74, 6) is 0. The van der Waals surface area contributed by atoms with Crippen LogP contribution in [0, 0.1) is 0 Å². The number of alkyl carbamates (subject to hydrolysis) is 1. The van der Waals surface area contributed by atoms with Gasteiger partial charge in [-0.25, -0.2) is 4.79 Å². The van der Waals surface area contributed by atoms with Gasteiger partial charge in [0, 0.05) is 19.1 Å². The predicted octanol–water partition coefficient (Wildman–Crippen LogP) is 2.41. The zero-order valence-electron chi connectivity index (χ0n) is 14.3. The third kappa shape index (κ3) is 6.66. The molecule has 1 rings (SSSR count). The van der Waals surface area contributed by atoms with Crippen LogP contribution in [0.2, 0.25) is 0 Å². The summed E-state index contributed by atoms with van der Waals surface area (Å²) in [5.41, 5.74) is -0.697. The first-order chi connectivity index (χ1) is 9.80. The molecule has 0 bridgehead atoms. The maximum atomic E-state index is 12.1. The Morgan fingerprint density at radius 1 is 1.29 bits per heavy atom. The summed E-state index contributed by atoms with van der Waals surface area (Å²) in [5, 5.41) is 10.1. The zero-order valence-corrected chi connectivity index (χ0v) is 14.3. The molecule has 1 aliphatic rings. The molecule has 5 heteroatoms. The highest BCUT2D eigenvalue weighted by Crippen LogP contribution is 2.17. The fraction of sp³-hybridized carbons (Fsp3) is 0.938. The van der Waals surface area contributed by atoms with E-state index in [2.05, 4.69) is 29.8 Å². The van der Waals surface area contributed by atoms with Crippen molar-refractivity contribution >= 4 is 6.09 Å². The molecule has 1 atom stereocenters. The molecule has 0 saturated carbocycles. The lowest BCUT2D eigenvalue weighted by Gasteiger charge is -2.36. The van der Waals surface area contributed by atoms with Crippen molar-refractivity contribution in [1.29, 1.82) is 0 Å². The highest BCUT2D eigenvalue weighted by Gasteiger charge is 2.31. The topological polar surface area (TPSA) is 62.4 Å². The number of carbonyl (C=O) groups is 1. The molecule has 3 N–H and O–H groups in total. The van der Waals surface area contributed by atoms with Gasteiger partial charge in [-0.05, 0) is 53.0 Å². The van der Waals surface area contributed by atoms with Gasteiger partial charge in [-0.2, -0.15) is 0 Å². The summed E-state index contributed by atoms with van der Waals surface area (Å²) in [6, 6.07) is 0.497. The average Bonchev–Trinajstić information content (AvgIpc) is 2.43. The minimum Gasteiger partial charge on any atom is -0.444 e. The fourth-order valence-corrected chi connectivity index (χ4v) is 2.61. The van der Waals surface area contributed by atoms with Crippen molar-refractivity contribution < 1.29 is 9.53 Å². The molecular formula is C16H33N3O2. The van der Waals surface area contributed by atoms with Crippen molar-refractivity contribution in [1.82, 2.24) is 16.0 Å². The smallest absolute Gasteiger partial charge is 0.408 e. The van der Waals surface area contributed by atoms with E-state index in [1.807, 2.05) is 20.8 Å². The Morgan fingerprint density at radius 2 is 1.95 bits per heavy atom. The third-order valence-corrected chi connectivity index (χ3v) is 4.15. The normalized spacial score (nSPS) is 20.1. The molecule has 0 aromatic rings. The Hall–Kier alpha value is -0.810. The highest BCUT2D eigenvalue weighted by atomic mass is 16.6. The van der Waals surface area contributed by atoms with Crippen LogP contribution >= 0.6 is 0 Å². The number of nitrogens with one attached hydrogen (secondary N) is 3. The molecule has 1 amide bonds. The molecule has 5 nitrogen and oxygen atoms in total. The number of hydrogen-bond acceptors (Lipinski definition) is 4. The minimum absolute atomic E-state index is 0.236. The molecule has 21 heavy (non-hydrogen) atoms. The molecule has 0 aliphatic carbocycles. The quantitative estimate of drug-likeness (QED) is 0.705. The fourth-order valence-electron chi connectivity index (χ4n) is 2.61. The Balaban J connectivity index is 2.53. The Labute approximate surface area is 129 Å². The van der Waals surface area contributed by atoms with Gasteiger partial charge in [0.1, 0.15) is 5.60 Å². The van der Waals surface area contributed by atoms with E-state index < -0.39 is 5.60 Å². The molecule has 0 aromatic heterocycles. The van der Waals surface area contributed by atoms with E-state index in [0.29, 0.717) is 6.04 Å². The van der Waals surface area contributed by atoms with E-state index in [-0.39, 0.29) is 11.6 Å². The van der Waals surface area contributed by atoms with Gasteiger partial charge in [0.25, 0.3) is 0 Å². The maximum absolute atomic E-state index is 12.1. The molecule has 1 unspecified atom stereocenters. The van der Waals surface area contributed by atoms with Crippen molar-refractivity contribution in [3.8, 4) is 0 Å². The Morgan fingerprint density at radius 3 is 2.43 bits per heavy atom. The van der Waals surface area contributed by atoms with Gasteiger partial charge < -0.3 is 20.7 Å². The highest BCUT2D eigenvalue weighted by molar-refractivity contribution is 5.68. The first kappa shape index (κ1) is 18.2. The lowest BCUT2D eigenvalue weighted by molar-refractivity contribution is 0.0443. The van der Waals surface area contributed by atoms with Crippen LogP contribution in [0.15, 0.2) is 0 Å². The van der Waals surface area contributed by atoms with Gasteiger partial charge in [-0.15, -0.1) is 0 Å². The van der Waals surface area contributed by atoms with Gasteiger partial charge in [0.2, 0.25) is 0 Å². The predicted molar refractivity (Wildman–Crippen MR) is 86.6 cm³/mol. The van der Waals surface area contributed by atoms with Crippen LogP contribution in [0.3, 0.4) is 0 Å². The van der Waals surface area contributed by atoms with Crippen LogP contribution in [0.5, 0.6) is 0 Å². The van der Waals surface area contributed by atoms with Gasteiger partial charge >= 0.3 is 6.09 Å². The van der Waals surface area contributed by atoms with Crippen molar-refractivity contribution in [2.45, 2.75) is 77.5 Å². The Bertz CT molecular complexity index is 316. The molecule has 1 saturated heterocycles. The molecule has 0 aromatic carbocycles. The number of hydrogen-bond donors (Lipinski definition) is 3. The van der Waals surface area contributed by atoms with Gasteiger partial charge in [-0.3, -0.25) is 0 Å². The first-order valence-corrected chi connectivity index (χ1v) is 8.25. The lowest BCUT2D eigenvalue weighted by Crippen LogP contribution is -2.57. The molecular weight excluding hydrogens is 266 g/mol. The van der Waals surface area contributed by atoms with Crippen molar-refractivity contribution in [2.75, 3.05) is 19.6 Å². The van der Waals surface area contributed by atoms with Crippen molar-refractivity contribution in [2.24, 2.45) is 0 Å². The van der Waals surface area contributed by atoms with E-state index in [0.717, 1.165) is 32.5 Å². The van der Waals surface area contributed by atoms with Crippen LogP contribution in [-0.4, -0.2) is 42.9 Å². The standard InChI is InChI=1S/C16H33N3O2/c1-6-16(7-2,19-14(20)21-15(3,4)5)12-18-13-9-8-10-17-11-13/h13,17-18H,6-12H2,1-5H3,(H,19,20). The van der Waals surface area contributed by atoms with E-state index in [1.54, 1.807) is 0 Å². The number of carbonyl (C=O) groups excluding carboxylic acids is 1. The van der Waals surface area contributed by atoms with Gasteiger partial charge in [0.15, 0.2) is 0 Å². The summed E-state index contributed by atoms with van der Waals surface area (Å²) in [6.07, 6.45) is 3.85. The third-order valence-electron chi connectivity index (χ3n) is 4.15. The minimum atomic E-state index is -0.460. The van der Waals surface area contributed by atoms with E-state index in [4.69, 9.17) is 4.74 Å². The second kappa shape index (κ2) is 7.99. The number of piperidine rings is 1. The molecule has 1 fully saturated rings. The molecule has 0 radical (unpaired) electrons. The lowest BCUT2D eigenvalue weighted by atomic mass is 9.92. The molecule has 124 valence electrons. The second-order valence-corrected chi connectivity index (χ2v) is 7.04. The summed E-state index contributed by atoms with van der Waals surface area (Å²) in [4.78, 5) is 12.1. The van der Waals surface area contributed by atoms with Crippen molar-refractivity contribution in [3.05, 3.63) is 0 Å². The monoisotopic (exact) mass is 299 g/mol. The van der Waals surface area contributed by atoms with Crippen LogP contribution < -0.4 is 16.0 Å². The Kier molecular flexibility index (Phi) is 6.94. The van der Waals surface area contributed by atoms with Crippen LogP contribution in [0.1, 0.15) is 60.3 Å².